The molecule has 7 aromatic rings. The summed E-state index contributed by atoms with van der Waals surface area (Å²) in [6.45, 7) is 0. The van der Waals surface area contributed by atoms with Gasteiger partial charge in [-0.3, -0.25) is 9.59 Å². The highest BCUT2D eigenvalue weighted by atomic mass is 16.4. The van der Waals surface area contributed by atoms with Gasteiger partial charge in [0.2, 0.25) is 5.89 Å². The summed E-state index contributed by atoms with van der Waals surface area (Å²) in [5.41, 5.74) is 2.36. The molecule has 0 spiro atoms. The molecule has 1 aliphatic rings. The Kier molecular flexibility index (Phi) is 8.65. The average Bonchev–Trinajstić information content (AvgIpc) is 3.64. The minimum atomic E-state index is -0.469. The van der Waals surface area contributed by atoms with Crippen LogP contribution in [0.3, 0.4) is 0 Å². The van der Waals surface area contributed by atoms with Gasteiger partial charge >= 0.3 is 5.63 Å². The summed E-state index contributed by atoms with van der Waals surface area (Å²) in [7, 11) is 0. The molecule has 0 bridgehead atoms. The summed E-state index contributed by atoms with van der Waals surface area (Å²) >= 11 is 0. The Labute approximate surface area is 275 Å². The van der Waals surface area contributed by atoms with E-state index in [-0.39, 0.29) is 29.1 Å². The summed E-state index contributed by atoms with van der Waals surface area (Å²) in [6.07, 6.45) is 7.39. The maximum Gasteiger partial charge on any atom is 0.365 e. The van der Waals surface area contributed by atoms with Crippen molar-refractivity contribution in [3.05, 3.63) is 143 Å². The lowest BCUT2D eigenvalue weighted by atomic mass is 10.0. The quantitative estimate of drug-likeness (QED) is 0.200. The number of nitrogens with one attached hydrogen (secondary N) is 2. The molecule has 1 aliphatic carbocycles. The van der Waals surface area contributed by atoms with Gasteiger partial charge in [0, 0.05) is 29.6 Å². The van der Waals surface area contributed by atoms with Crippen LogP contribution in [-0.2, 0) is 0 Å². The number of hydrogen-bond donors (Lipinski definition) is 2. The van der Waals surface area contributed by atoms with Crippen molar-refractivity contribution in [3.8, 4) is 11.5 Å². The third-order valence-electron chi connectivity index (χ3n) is 8.41. The number of anilines is 1. The largest absolute Gasteiger partial charge is 0.402 e. The van der Waals surface area contributed by atoms with E-state index in [4.69, 9.17) is 4.42 Å². The van der Waals surface area contributed by atoms with Crippen molar-refractivity contribution in [1.82, 2.24) is 20.3 Å². The molecule has 3 aromatic heterocycles. The molecule has 236 valence electrons. The van der Waals surface area contributed by atoms with Crippen LogP contribution in [0.4, 0.5) is 5.69 Å². The number of amides is 2. The number of aromatic nitrogens is 3. The fraction of sp³-hybridized carbons (Fsp3) is 0.128. The molecule has 3 heterocycles. The maximum atomic E-state index is 12.9. The zero-order valence-electron chi connectivity index (χ0n) is 25.9. The number of hydrogen-bond acceptors (Lipinski definition) is 7. The van der Waals surface area contributed by atoms with Crippen LogP contribution < -0.4 is 16.3 Å². The molecule has 4 aromatic carbocycles. The van der Waals surface area contributed by atoms with Crippen molar-refractivity contribution in [1.29, 1.82) is 0 Å². The predicted molar refractivity (Wildman–Crippen MR) is 187 cm³/mol. The maximum absolute atomic E-state index is 12.9. The number of carbonyl (C=O) groups excluding carboxylic acids is 2. The highest BCUT2D eigenvalue weighted by Gasteiger charge is 2.22. The van der Waals surface area contributed by atoms with Crippen LogP contribution in [0.15, 0.2) is 131 Å². The number of nitrogens with zero attached hydrogens (tertiary/aromatic N) is 3. The zero-order valence-corrected chi connectivity index (χ0v) is 25.9. The van der Waals surface area contributed by atoms with Gasteiger partial charge in [-0.1, -0.05) is 85.6 Å². The van der Waals surface area contributed by atoms with Gasteiger partial charge < -0.3 is 15.1 Å². The van der Waals surface area contributed by atoms with E-state index in [0.29, 0.717) is 22.7 Å². The van der Waals surface area contributed by atoms with Gasteiger partial charge in [0.05, 0.1) is 5.69 Å². The van der Waals surface area contributed by atoms with E-state index in [0.717, 1.165) is 52.8 Å². The van der Waals surface area contributed by atoms with Gasteiger partial charge in [0.1, 0.15) is 5.52 Å². The molecule has 9 heteroatoms. The molecule has 0 atom stereocenters. The van der Waals surface area contributed by atoms with E-state index in [9.17, 15) is 14.4 Å². The Bertz CT molecular complexity index is 2340. The van der Waals surface area contributed by atoms with E-state index in [1.165, 1.54) is 0 Å². The van der Waals surface area contributed by atoms with Crippen LogP contribution in [0.25, 0.3) is 44.0 Å². The number of carbonyl (C=O) groups is 2. The number of rotatable bonds is 5. The Morgan fingerprint density at radius 1 is 0.688 bits per heavy atom. The molecule has 0 radical (unpaired) electrons. The zero-order chi connectivity index (χ0) is 32.9. The van der Waals surface area contributed by atoms with Crippen molar-refractivity contribution < 1.29 is 14.0 Å². The third kappa shape index (κ3) is 6.39. The van der Waals surface area contributed by atoms with Crippen LogP contribution in [-0.4, -0.2) is 32.8 Å². The van der Waals surface area contributed by atoms with Crippen LogP contribution in [0, 0.1) is 0 Å². The highest BCUT2D eigenvalue weighted by molar-refractivity contribution is 6.14. The fourth-order valence-electron chi connectivity index (χ4n) is 6.06. The molecule has 1 fully saturated rings. The van der Waals surface area contributed by atoms with Gasteiger partial charge in [0.15, 0.2) is 11.2 Å². The first-order valence-corrected chi connectivity index (χ1v) is 15.8. The van der Waals surface area contributed by atoms with Crippen LogP contribution >= 0.6 is 0 Å². The second-order valence-corrected chi connectivity index (χ2v) is 11.5. The molecule has 0 aliphatic heterocycles. The van der Waals surface area contributed by atoms with Crippen LogP contribution in [0.1, 0.15) is 46.5 Å². The minimum absolute atomic E-state index is 0.195. The van der Waals surface area contributed by atoms with Crippen LogP contribution in [0.5, 0.6) is 0 Å². The van der Waals surface area contributed by atoms with Crippen molar-refractivity contribution in [3.63, 3.8) is 0 Å². The van der Waals surface area contributed by atoms with Crippen LogP contribution in [0.2, 0.25) is 0 Å². The van der Waals surface area contributed by atoms with Crippen molar-refractivity contribution in [2.75, 3.05) is 5.32 Å². The first-order chi connectivity index (χ1) is 23.5. The van der Waals surface area contributed by atoms with Gasteiger partial charge in [-0.25, -0.2) is 19.7 Å². The van der Waals surface area contributed by atoms with E-state index in [2.05, 4.69) is 25.6 Å². The lowest BCUT2D eigenvalue weighted by Crippen LogP contribution is -2.33. The smallest absolute Gasteiger partial charge is 0.365 e. The predicted octanol–water partition coefficient (Wildman–Crippen LogP) is 7.56. The van der Waals surface area contributed by atoms with E-state index < -0.39 is 5.63 Å². The normalized spacial score (nSPS) is 12.8. The Morgan fingerprint density at radius 2 is 1.35 bits per heavy atom. The van der Waals surface area contributed by atoms with Gasteiger partial charge in [-0.2, -0.15) is 0 Å². The topological polar surface area (TPSA) is 127 Å². The fourth-order valence-corrected chi connectivity index (χ4v) is 6.06. The lowest BCUT2D eigenvalue weighted by molar-refractivity contribution is 0.0934. The van der Waals surface area contributed by atoms with E-state index in [1.807, 2.05) is 78.9 Å². The van der Waals surface area contributed by atoms with Crippen molar-refractivity contribution >= 4 is 50.1 Å². The number of benzene rings is 4. The van der Waals surface area contributed by atoms with Crippen molar-refractivity contribution in [2.45, 2.75) is 31.7 Å². The van der Waals surface area contributed by atoms with Crippen molar-refractivity contribution in [2.24, 2.45) is 0 Å². The molecule has 48 heavy (non-hydrogen) atoms. The third-order valence-corrected chi connectivity index (χ3v) is 8.41. The Balaban J connectivity index is 0.000000156. The van der Waals surface area contributed by atoms with E-state index in [1.54, 1.807) is 42.7 Å². The number of fused-ring (bicyclic) bond motifs is 3. The Hall–Kier alpha value is -6.22. The molecule has 0 saturated heterocycles. The number of pyridine rings is 2. The van der Waals surface area contributed by atoms with Gasteiger partial charge in [-0.05, 0) is 70.8 Å². The average molecular weight is 634 g/mol. The summed E-state index contributed by atoms with van der Waals surface area (Å²) in [4.78, 5) is 50.2. The SMILES string of the molecule is O=C(NC1CCCC1)c1ncccc1NC(=O)c1cccc2ccccc12.O=c1oc(-c2cccc3ccccc23)nc2cccnc12. The second-order valence-electron chi connectivity index (χ2n) is 11.5. The first-order valence-electron chi connectivity index (χ1n) is 15.8. The molecular formula is C39H31N5O4. The highest BCUT2D eigenvalue weighted by Crippen LogP contribution is 2.27. The molecule has 9 nitrogen and oxygen atoms in total. The summed E-state index contributed by atoms with van der Waals surface area (Å²) in [5.74, 6) is -0.178. The molecule has 8 rings (SSSR count). The molecular weight excluding hydrogens is 602 g/mol. The summed E-state index contributed by atoms with van der Waals surface area (Å²) in [6, 6.07) is 34.2. The molecule has 2 amide bonds. The van der Waals surface area contributed by atoms with Gasteiger partial charge in [0.25, 0.3) is 11.8 Å². The first kappa shape index (κ1) is 30.4. The molecule has 0 unspecified atom stereocenters. The standard InChI is InChI=1S/C22H21N3O2.C17H10N2O2/c26-21(18-12-5-8-15-7-1-4-11-17(15)18)25-19-13-6-14-23-20(19)22(27)24-16-9-2-3-10-16;20-17-15-14(9-4-10-18-15)19-16(21-17)13-8-3-6-11-5-1-2-7-12(11)13/h1,4-8,11-14,16H,2-3,9-10H2,(H,24,27)(H,25,26);1-10H. The Morgan fingerprint density at radius 3 is 2.17 bits per heavy atom. The molecule has 2 N–H and O–H groups in total. The van der Waals surface area contributed by atoms with Gasteiger partial charge in [-0.15, -0.1) is 0 Å². The molecule has 1 saturated carbocycles. The minimum Gasteiger partial charge on any atom is -0.402 e. The summed E-state index contributed by atoms with van der Waals surface area (Å²) < 4.78 is 5.36. The lowest BCUT2D eigenvalue weighted by Gasteiger charge is -2.14. The summed E-state index contributed by atoms with van der Waals surface area (Å²) in [5, 5.41) is 9.83. The second kappa shape index (κ2) is 13.6. The van der Waals surface area contributed by atoms with E-state index >= 15 is 0 Å². The monoisotopic (exact) mass is 633 g/mol.